The second-order valence-electron chi connectivity index (χ2n) is 5.26. The van der Waals surface area contributed by atoms with Crippen LogP contribution in [-0.4, -0.2) is 10.6 Å². The first-order chi connectivity index (χ1) is 10.2. The SMILES string of the molecule is O=[N+]([O-])c1ccc2c(c1)C=CC1(Cc3ccccc3N1)O2. The molecule has 0 amide bonds. The molecule has 0 saturated carbocycles. The first-order valence-electron chi connectivity index (χ1n) is 6.68. The van der Waals surface area contributed by atoms with E-state index in [-0.39, 0.29) is 5.69 Å². The lowest BCUT2D eigenvalue weighted by atomic mass is 10.0. The molecule has 104 valence electrons. The average Bonchev–Trinajstić information content (AvgIpc) is 2.84. The third-order valence-corrected chi connectivity index (χ3v) is 3.85. The minimum atomic E-state index is -0.590. The molecule has 2 heterocycles. The Bertz CT molecular complexity index is 758. The van der Waals surface area contributed by atoms with Gasteiger partial charge in [-0.15, -0.1) is 0 Å². The van der Waals surface area contributed by atoms with Gasteiger partial charge >= 0.3 is 0 Å². The molecular formula is C16H12N2O3. The van der Waals surface area contributed by atoms with Crippen molar-refractivity contribution in [3.63, 3.8) is 0 Å². The van der Waals surface area contributed by atoms with Crippen LogP contribution in [0.5, 0.6) is 5.75 Å². The van der Waals surface area contributed by atoms with Gasteiger partial charge in [-0.05, 0) is 29.8 Å². The van der Waals surface area contributed by atoms with Gasteiger partial charge in [0.25, 0.3) is 5.69 Å². The number of nitrogens with zero attached hydrogens (tertiary/aromatic N) is 1. The number of nitro groups is 1. The highest BCUT2D eigenvalue weighted by molar-refractivity contribution is 5.68. The summed E-state index contributed by atoms with van der Waals surface area (Å²) in [6, 6.07) is 12.7. The van der Waals surface area contributed by atoms with Crippen molar-refractivity contribution >= 4 is 17.5 Å². The third-order valence-electron chi connectivity index (χ3n) is 3.85. The maximum atomic E-state index is 10.8. The summed E-state index contributed by atoms with van der Waals surface area (Å²) in [6.45, 7) is 0. The van der Waals surface area contributed by atoms with E-state index in [0.717, 1.165) is 17.7 Å². The van der Waals surface area contributed by atoms with E-state index < -0.39 is 10.6 Å². The van der Waals surface area contributed by atoms with Crippen LogP contribution >= 0.6 is 0 Å². The van der Waals surface area contributed by atoms with Crippen molar-refractivity contribution in [2.45, 2.75) is 12.1 Å². The molecule has 2 aliphatic heterocycles. The van der Waals surface area contributed by atoms with Crippen LogP contribution in [0.1, 0.15) is 11.1 Å². The molecule has 4 rings (SSSR count). The molecule has 2 aliphatic rings. The first-order valence-corrected chi connectivity index (χ1v) is 6.68. The molecule has 5 heteroatoms. The topological polar surface area (TPSA) is 64.4 Å². The van der Waals surface area contributed by atoms with E-state index >= 15 is 0 Å². The van der Waals surface area contributed by atoms with Crippen molar-refractivity contribution in [3.05, 3.63) is 69.8 Å². The fourth-order valence-corrected chi connectivity index (χ4v) is 2.84. The van der Waals surface area contributed by atoms with Crippen molar-refractivity contribution in [2.75, 3.05) is 5.32 Å². The molecule has 1 atom stereocenters. The molecule has 0 aliphatic carbocycles. The molecule has 5 nitrogen and oxygen atoms in total. The first kappa shape index (κ1) is 12.0. The van der Waals surface area contributed by atoms with E-state index in [9.17, 15) is 10.1 Å². The van der Waals surface area contributed by atoms with Crippen LogP contribution in [0.3, 0.4) is 0 Å². The lowest BCUT2D eigenvalue weighted by Gasteiger charge is -2.31. The van der Waals surface area contributed by atoms with Gasteiger partial charge in [-0.3, -0.25) is 10.1 Å². The molecule has 0 bridgehead atoms. The van der Waals surface area contributed by atoms with Crippen LogP contribution in [0, 0.1) is 10.1 Å². The molecule has 1 spiro atoms. The Balaban J connectivity index is 1.69. The fraction of sp³-hybridized carbons (Fsp3) is 0.125. The van der Waals surface area contributed by atoms with Gasteiger partial charge in [0, 0.05) is 29.8 Å². The van der Waals surface area contributed by atoms with E-state index in [4.69, 9.17) is 4.74 Å². The van der Waals surface area contributed by atoms with E-state index in [2.05, 4.69) is 11.4 Å². The number of ether oxygens (including phenoxy) is 1. The van der Waals surface area contributed by atoms with E-state index in [1.165, 1.54) is 17.7 Å². The molecule has 2 aromatic rings. The zero-order chi connectivity index (χ0) is 14.4. The molecule has 0 saturated heterocycles. The number of fused-ring (bicyclic) bond motifs is 2. The third kappa shape index (κ3) is 1.86. The monoisotopic (exact) mass is 280 g/mol. The molecule has 21 heavy (non-hydrogen) atoms. The molecule has 0 radical (unpaired) electrons. The lowest BCUT2D eigenvalue weighted by molar-refractivity contribution is -0.384. The number of nitrogens with one attached hydrogen (secondary N) is 1. The minimum Gasteiger partial charge on any atom is -0.464 e. The number of nitro benzene ring substituents is 1. The molecular weight excluding hydrogens is 268 g/mol. The van der Waals surface area contributed by atoms with E-state index in [0.29, 0.717) is 5.75 Å². The number of anilines is 1. The van der Waals surface area contributed by atoms with Gasteiger partial charge < -0.3 is 10.1 Å². The van der Waals surface area contributed by atoms with Crippen molar-refractivity contribution in [2.24, 2.45) is 0 Å². The Hall–Kier alpha value is -2.82. The standard InChI is InChI=1S/C16H12N2O3/c19-18(20)13-5-6-15-11(9-13)7-8-16(21-15)10-12-3-1-2-4-14(12)17-16/h1-9,17H,10H2. The van der Waals surface area contributed by atoms with Gasteiger partial charge in [0.1, 0.15) is 5.75 Å². The zero-order valence-electron chi connectivity index (χ0n) is 11.1. The second kappa shape index (κ2) is 4.09. The van der Waals surface area contributed by atoms with Crippen LogP contribution < -0.4 is 10.1 Å². The molecule has 0 fully saturated rings. The smallest absolute Gasteiger partial charge is 0.270 e. The van der Waals surface area contributed by atoms with Gasteiger partial charge in [-0.1, -0.05) is 18.2 Å². The Kier molecular flexibility index (Phi) is 2.33. The summed E-state index contributed by atoms with van der Waals surface area (Å²) in [6.07, 6.45) is 4.54. The second-order valence-corrected chi connectivity index (χ2v) is 5.26. The van der Waals surface area contributed by atoms with Gasteiger partial charge in [0.05, 0.1) is 4.92 Å². The molecule has 2 aromatic carbocycles. The lowest BCUT2D eigenvalue weighted by Crippen LogP contribution is -2.41. The highest BCUT2D eigenvalue weighted by Crippen LogP contribution is 2.40. The number of hydrogen-bond acceptors (Lipinski definition) is 4. The predicted octanol–water partition coefficient (Wildman–Crippen LogP) is 3.36. The van der Waals surface area contributed by atoms with Gasteiger partial charge in [-0.25, -0.2) is 0 Å². The molecule has 0 aromatic heterocycles. The highest BCUT2D eigenvalue weighted by atomic mass is 16.6. The number of hydrogen-bond donors (Lipinski definition) is 1. The molecule has 1 unspecified atom stereocenters. The van der Waals surface area contributed by atoms with Crippen molar-refractivity contribution in [3.8, 4) is 5.75 Å². The van der Waals surface area contributed by atoms with Crippen LogP contribution in [0.15, 0.2) is 48.5 Å². The highest BCUT2D eigenvalue weighted by Gasteiger charge is 2.38. The van der Waals surface area contributed by atoms with Crippen molar-refractivity contribution in [1.29, 1.82) is 0 Å². The quantitative estimate of drug-likeness (QED) is 0.642. The minimum absolute atomic E-state index is 0.0700. The van der Waals surface area contributed by atoms with Crippen LogP contribution in [0.25, 0.3) is 6.08 Å². The van der Waals surface area contributed by atoms with Gasteiger partial charge in [-0.2, -0.15) is 0 Å². The van der Waals surface area contributed by atoms with Gasteiger partial charge in [0.15, 0.2) is 0 Å². The summed E-state index contributed by atoms with van der Waals surface area (Å²) in [5, 5.41) is 14.2. The predicted molar refractivity (Wildman–Crippen MR) is 79.3 cm³/mol. The van der Waals surface area contributed by atoms with Crippen LogP contribution in [0.2, 0.25) is 0 Å². The zero-order valence-corrected chi connectivity index (χ0v) is 11.1. The fourth-order valence-electron chi connectivity index (χ4n) is 2.84. The summed E-state index contributed by atoms with van der Waals surface area (Å²) in [5.41, 5.74) is 2.47. The van der Waals surface area contributed by atoms with Gasteiger partial charge in [0.2, 0.25) is 5.72 Å². The number of rotatable bonds is 1. The summed E-state index contributed by atoms with van der Waals surface area (Å²) < 4.78 is 6.08. The van der Waals surface area contributed by atoms with Crippen LogP contribution in [0.4, 0.5) is 11.4 Å². The number of para-hydroxylation sites is 1. The summed E-state index contributed by atoms with van der Waals surface area (Å²) in [5.74, 6) is 0.656. The maximum absolute atomic E-state index is 10.8. The largest absolute Gasteiger partial charge is 0.464 e. The number of non-ortho nitro benzene ring substituents is 1. The maximum Gasteiger partial charge on any atom is 0.270 e. The van der Waals surface area contributed by atoms with E-state index in [1.807, 2.05) is 30.4 Å². The summed E-state index contributed by atoms with van der Waals surface area (Å²) in [7, 11) is 0. The Morgan fingerprint density at radius 1 is 1.24 bits per heavy atom. The average molecular weight is 280 g/mol. The number of benzene rings is 2. The molecule has 1 N–H and O–H groups in total. The van der Waals surface area contributed by atoms with E-state index in [1.54, 1.807) is 6.07 Å². The van der Waals surface area contributed by atoms with Crippen LogP contribution in [-0.2, 0) is 6.42 Å². The Morgan fingerprint density at radius 3 is 2.90 bits per heavy atom. The van der Waals surface area contributed by atoms with Crippen molar-refractivity contribution in [1.82, 2.24) is 0 Å². The Morgan fingerprint density at radius 2 is 2.10 bits per heavy atom. The Labute approximate surface area is 121 Å². The summed E-state index contributed by atoms with van der Waals surface area (Å²) >= 11 is 0. The summed E-state index contributed by atoms with van der Waals surface area (Å²) in [4.78, 5) is 10.4. The van der Waals surface area contributed by atoms with Crippen molar-refractivity contribution < 1.29 is 9.66 Å². The normalized spacial score (nSPS) is 21.3.